The quantitative estimate of drug-likeness (QED) is 0.636. The molecule has 2 fully saturated rings. The van der Waals surface area contributed by atoms with Gasteiger partial charge in [-0.25, -0.2) is 19.6 Å². The molecule has 0 aliphatic carbocycles. The highest BCUT2D eigenvalue weighted by atomic mass is 16.4. The van der Waals surface area contributed by atoms with E-state index in [-0.39, 0.29) is 17.3 Å². The van der Waals surface area contributed by atoms with Crippen LogP contribution < -0.4 is 0 Å². The van der Waals surface area contributed by atoms with Gasteiger partial charge in [0.15, 0.2) is 5.69 Å². The van der Waals surface area contributed by atoms with Crippen molar-refractivity contribution in [1.29, 1.82) is 0 Å². The standard InChI is InChI=1S/C25H28N6O3/c1-18-11-19(13-20(12-18)21-14-26-17-27-15-21)16-30-7-2-4-25(30)5-9-29(10-6-25)24(34)31-8-3-22(28-31)23(32)33/h3,8,11-15,17H,2,4-7,9-10,16H2,1H3,(H,32,33). The van der Waals surface area contributed by atoms with Crippen molar-refractivity contribution in [2.24, 2.45) is 0 Å². The summed E-state index contributed by atoms with van der Waals surface area (Å²) in [6.07, 6.45) is 10.7. The molecular formula is C25H28N6O3. The van der Waals surface area contributed by atoms with Crippen LogP contribution in [0.2, 0.25) is 0 Å². The Hall–Kier alpha value is -3.59. The maximum absolute atomic E-state index is 12.8. The Kier molecular flexibility index (Phi) is 5.87. The maximum atomic E-state index is 12.8. The number of likely N-dealkylation sites (tertiary alicyclic amines) is 2. The number of carboxylic acids is 1. The van der Waals surface area contributed by atoms with Crippen LogP contribution in [0.15, 0.2) is 49.2 Å². The van der Waals surface area contributed by atoms with Gasteiger partial charge in [0.2, 0.25) is 0 Å². The van der Waals surface area contributed by atoms with Crippen molar-refractivity contribution >= 4 is 12.0 Å². The molecule has 3 aromatic rings. The van der Waals surface area contributed by atoms with Crippen LogP contribution in [0, 0.1) is 6.92 Å². The summed E-state index contributed by atoms with van der Waals surface area (Å²) in [6, 6.07) is 7.73. The summed E-state index contributed by atoms with van der Waals surface area (Å²) >= 11 is 0. The summed E-state index contributed by atoms with van der Waals surface area (Å²) < 4.78 is 1.13. The van der Waals surface area contributed by atoms with E-state index >= 15 is 0 Å². The van der Waals surface area contributed by atoms with Gasteiger partial charge in [0.1, 0.15) is 6.33 Å². The van der Waals surface area contributed by atoms with Crippen LogP contribution in [0.25, 0.3) is 11.1 Å². The fourth-order valence-corrected chi connectivity index (χ4v) is 5.40. The van der Waals surface area contributed by atoms with E-state index in [9.17, 15) is 9.59 Å². The highest BCUT2D eigenvalue weighted by molar-refractivity contribution is 5.86. The topological polar surface area (TPSA) is 104 Å². The van der Waals surface area contributed by atoms with Gasteiger partial charge in [-0.3, -0.25) is 4.90 Å². The first kappa shape index (κ1) is 22.2. The average molecular weight is 461 g/mol. The molecule has 4 heterocycles. The lowest BCUT2D eigenvalue weighted by Crippen LogP contribution is -2.53. The number of hydrogen-bond donors (Lipinski definition) is 1. The van der Waals surface area contributed by atoms with Gasteiger partial charge in [-0.15, -0.1) is 0 Å². The predicted octanol–water partition coefficient (Wildman–Crippen LogP) is 3.45. The van der Waals surface area contributed by atoms with Crippen molar-refractivity contribution in [3.63, 3.8) is 0 Å². The number of carbonyl (C=O) groups is 2. The van der Waals surface area contributed by atoms with Crippen molar-refractivity contribution in [3.8, 4) is 11.1 Å². The van der Waals surface area contributed by atoms with Crippen molar-refractivity contribution in [2.45, 2.75) is 44.7 Å². The normalized spacial score (nSPS) is 17.9. The molecule has 5 rings (SSSR count). The number of carboxylic acid groups (broad SMARTS) is 1. The highest BCUT2D eigenvalue weighted by Crippen LogP contribution is 2.39. The zero-order valence-electron chi connectivity index (χ0n) is 19.2. The van der Waals surface area contributed by atoms with E-state index in [1.807, 2.05) is 12.4 Å². The fourth-order valence-electron chi connectivity index (χ4n) is 5.40. The number of nitrogens with zero attached hydrogens (tertiary/aromatic N) is 6. The van der Waals surface area contributed by atoms with Crippen molar-refractivity contribution < 1.29 is 14.7 Å². The van der Waals surface area contributed by atoms with Crippen LogP contribution in [0.3, 0.4) is 0 Å². The number of aromatic nitrogens is 4. The maximum Gasteiger partial charge on any atom is 0.356 e. The highest BCUT2D eigenvalue weighted by Gasteiger charge is 2.43. The number of amides is 1. The third kappa shape index (κ3) is 4.31. The molecule has 1 aromatic carbocycles. The van der Waals surface area contributed by atoms with E-state index in [4.69, 9.17) is 5.11 Å². The Balaban J connectivity index is 1.28. The lowest BCUT2D eigenvalue weighted by atomic mass is 9.84. The average Bonchev–Trinajstić information content (AvgIpc) is 3.48. The zero-order valence-corrected chi connectivity index (χ0v) is 19.2. The molecule has 0 saturated carbocycles. The van der Waals surface area contributed by atoms with Gasteiger partial charge >= 0.3 is 12.0 Å². The molecule has 176 valence electrons. The molecule has 9 nitrogen and oxygen atoms in total. The minimum Gasteiger partial charge on any atom is -0.476 e. The van der Waals surface area contributed by atoms with Gasteiger partial charge in [0.25, 0.3) is 0 Å². The number of rotatable bonds is 4. The molecule has 0 radical (unpaired) electrons. The predicted molar refractivity (Wildman–Crippen MR) is 125 cm³/mol. The number of aryl methyl sites for hydroxylation is 1. The van der Waals surface area contributed by atoms with Crippen molar-refractivity contribution in [2.75, 3.05) is 19.6 Å². The summed E-state index contributed by atoms with van der Waals surface area (Å²) in [5.74, 6) is -1.13. The van der Waals surface area contributed by atoms with Crippen LogP contribution in [0.1, 0.15) is 47.3 Å². The van der Waals surface area contributed by atoms with E-state index in [0.29, 0.717) is 13.1 Å². The summed E-state index contributed by atoms with van der Waals surface area (Å²) in [5, 5.41) is 13.0. The van der Waals surface area contributed by atoms with Gasteiger partial charge in [-0.1, -0.05) is 17.7 Å². The molecular weight excluding hydrogens is 432 g/mol. The molecule has 1 amide bonds. The minimum absolute atomic E-state index is 0.0902. The number of benzene rings is 1. The van der Waals surface area contributed by atoms with E-state index < -0.39 is 5.97 Å². The van der Waals surface area contributed by atoms with Gasteiger partial charge < -0.3 is 10.0 Å². The number of aromatic carboxylic acids is 1. The summed E-state index contributed by atoms with van der Waals surface area (Å²) in [5.41, 5.74) is 4.60. The fraction of sp³-hybridized carbons (Fsp3) is 0.400. The second-order valence-electron chi connectivity index (χ2n) is 9.30. The van der Waals surface area contributed by atoms with E-state index in [1.165, 1.54) is 23.4 Å². The summed E-state index contributed by atoms with van der Waals surface area (Å²) in [7, 11) is 0. The smallest absolute Gasteiger partial charge is 0.356 e. The minimum atomic E-state index is -1.13. The summed E-state index contributed by atoms with van der Waals surface area (Å²) in [4.78, 5) is 36.6. The van der Waals surface area contributed by atoms with Gasteiger partial charge in [0, 0.05) is 49.3 Å². The first-order valence-electron chi connectivity index (χ1n) is 11.6. The van der Waals surface area contributed by atoms with Crippen LogP contribution in [0.5, 0.6) is 0 Å². The number of piperidine rings is 1. The van der Waals surface area contributed by atoms with Crippen LogP contribution >= 0.6 is 0 Å². The SMILES string of the molecule is Cc1cc(CN2CCCC23CCN(C(=O)n2ccc(C(=O)O)n2)CC3)cc(-c2cncnc2)c1. The molecule has 2 aliphatic rings. The van der Waals surface area contributed by atoms with Gasteiger partial charge in [0.05, 0.1) is 0 Å². The van der Waals surface area contributed by atoms with Gasteiger partial charge in [-0.05, 0) is 62.4 Å². The third-order valence-corrected chi connectivity index (χ3v) is 7.11. The van der Waals surface area contributed by atoms with Crippen molar-refractivity contribution in [3.05, 3.63) is 66.0 Å². The molecule has 2 saturated heterocycles. The molecule has 0 atom stereocenters. The van der Waals surface area contributed by atoms with Crippen molar-refractivity contribution in [1.82, 2.24) is 29.5 Å². The number of hydrogen-bond acceptors (Lipinski definition) is 6. The summed E-state index contributed by atoms with van der Waals surface area (Å²) in [6.45, 7) is 5.31. The molecule has 0 bridgehead atoms. The monoisotopic (exact) mass is 460 g/mol. The Labute approximate surface area is 198 Å². The zero-order chi connectivity index (χ0) is 23.7. The Morgan fingerprint density at radius 2 is 1.79 bits per heavy atom. The van der Waals surface area contributed by atoms with Crippen LogP contribution in [0.4, 0.5) is 4.79 Å². The van der Waals surface area contributed by atoms with E-state index in [2.05, 4.69) is 45.1 Å². The second kappa shape index (κ2) is 8.98. The Morgan fingerprint density at radius 1 is 1.03 bits per heavy atom. The molecule has 1 N–H and O–H groups in total. The van der Waals surface area contributed by atoms with E-state index in [0.717, 1.165) is 54.6 Å². The van der Waals surface area contributed by atoms with Gasteiger partial charge in [-0.2, -0.15) is 9.78 Å². The molecule has 9 heteroatoms. The molecule has 0 unspecified atom stereocenters. The number of carbonyl (C=O) groups excluding carboxylic acids is 1. The molecule has 2 aliphatic heterocycles. The van der Waals surface area contributed by atoms with Crippen LogP contribution in [-0.2, 0) is 6.54 Å². The third-order valence-electron chi connectivity index (χ3n) is 7.11. The lowest BCUT2D eigenvalue weighted by molar-refractivity contribution is 0.0584. The largest absolute Gasteiger partial charge is 0.476 e. The second-order valence-corrected chi connectivity index (χ2v) is 9.30. The Morgan fingerprint density at radius 3 is 2.50 bits per heavy atom. The first-order chi connectivity index (χ1) is 16.4. The van der Waals surface area contributed by atoms with Crippen LogP contribution in [-0.4, -0.2) is 71.8 Å². The lowest BCUT2D eigenvalue weighted by Gasteiger charge is -2.45. The Bertz CT molecular complexity index is 1200. The molecule has 2 aromatic heterocycles. The molecule has 1 spiro atoms. The molecule has 34 heavy (non-hydrogen) atoms. The van der Waals surface area contributed by atoms with E-state index in [1.54, 1.807) is 11.2 Å². The first-order valence-corrected chi connectivity index (χ1v) is 11.6.